The third kappa shape index (κ3) is 2.09. The molecule has 0 aliphatic rings. The Morgan fingerprint density at radius 1 is 0.867 bits per heavy atom. The van der Waals surface area contributed by atoms with Gasteiger partial charge in [0.25, 0.3) is 0 Å². The van der Waals surface area contributed by atoms with Gasteiger partial charge in [-0.1, -0.05) is 13.8 Å². The lowest BCUT2D eigenvalue weighted by Crippen LogP contribution is -2.05. The summed E-state index contributed by atoms with van der Waals surface area (Å²) in [7, 11) is 0. The molecule has 0 aliphatic carbocycles. The molecule has 0 radical (unpaired) electrons. The molecule has 0 fully saturated rings. The fraction of sp³-hybridized carbons (Fsp3) is 0.333. The molecule has 0 N–H and O–H groups in total. The van der Waals surface area contributed by atoms with Crippen molar-refractivity contribution in [2.45, 2.75) is 19.8 Å². The number of hydrogen-bond donors (Lipinski definition) is 0. The van der Waals surface area contributed by atoms with Crippen LogP contribution in [0.15, 0.2) is 18.5 Å². The highest BCUT2D eigenvalue weighted by Gasteiger charge is 2.08. The number of nitrogens with zero attached hydrogens (tertiary/aromatic N) is 6. The van der Waals surface area contributed by atoms with E-state index in [0.29, 0.717) is 17.5 Å². The van der Waals surface area contributed by atoms with E-state index in [4.69, 9.17) is 0 Å². The second-order valence-electron chi connectivity index (χ2n) is 3.31. The predicted octanol–water partition coefficient (Wildman–Crippen LogP) is 0.847. The average molecular weight is 202 g/mol. The van der Waals surface area contributed by atoms with Gasteiger partial charge in [0.1, 0.15) is 0 Å². The Hall–Kier alpha value is -1.98. The maximum absolute atomic E-state index is 4.01. The molecular formula is C9H10N6. The lowest BCUT2D eigenvalue weighted by Gasteiger charge is -2.00. The number of hydrogen-bond acceptors (Lipinski definition) is 6. The highest BCUT2D eigenvalue weighted by Crippen LogP contribution is 2.08. The number of aromatic nitrogens is 6. The van der Waals surface area contributed by atoms with Crippen molar-refractivity contribution >= 4 is 0 Å². The highest BCUT2D eigenvalue weighted by molar-refractivity contribution is 5.39. The molecule has 0 saturated carbocycles. The summed E-state index contributed by atoms with van der Waals surface area (Å²) in [4.78, 5) is 8.01. The van der Waals surface area contributed by atoms with Crippen LogP contribution in [0, 0.1) is 0 Å². The van der Waals surface area contributed by atoms with E-state index in [2.05, 4.69) is 30.4 Å². The molecule has 6 nitrogen and oxygen atoms in total. The summed E-state index contributed by atoms with van der Waals surface area (Å²) in [6, 6.07) is 1.73. The smallest absolute Gasteiger partial charge is 0.234 e. The minimum atomic E-state index is 0.218. The quantitative estimate of drug-likeness (QED) is 0.718. The zero-order chi connectivity index (χ0) is 10.7. The molecule has 76 valence electrons. The predicted molar refractivity (Wildman–Crippen MR) is 52.7 cm³/mol. The van der Waals surface area contributed by atoms with Crippen LogP contribution in [0.25, 0.3) is 11.6 Å². The summed E-state index contributed by atoms with van der Waals surface area (Å²) in [5, 5.41) is 15.7. The van der Waals surface area contributed by atoms with Gasteiger partial charge in [-0.25, -0.2) is 9.97 Å². The van der Waals surface area contributed by atoms with Crippen LogP contribution in [0.2, 0.25) is 0 Å². The summed E-state index contributed by atoms with van der Waals surface area (Å²) < 4.78 is 0. The average Bonchev–Trinajstić information content (AvgIpc) is 2.30. The van der Waals surface area contributed by atoms with Crippen molar-refractivity contribution in [1.82, 2.24) is 30.4 Å². The molecule has 15 heavy (non-hydrogen) atoms. The third-order valence-corrected chi connectivity index (χ3v) is 1.78. The molecule has 0 amide bonds. The lowest BCUT2D eigenvalue weighted by atomic mass is 10.2. The Balaban J connectivity index is 2.32. The first-order valence-corrected chi connectivity index (χ1v) is 4.62. The summed E-state index contributed by atoms with van der Waals surface area (Å²) in [5.41, 5.74) is 0. The second kappa shape index (κ2) is 4.04. The van der Waals surface area contributed by atoms with Crippen molar-refractivity contribution in [3.05, 3.63) is 24.3 Å². The highest BCUT2D eigenvalue weighted by atomic mass is 15.3. The third-order valence-electron chi connectivity index (χ3n) is 1.78. The maximum Gasteiger partial charge on any atom is 0.240 e. The van der Waals surface area contributed by atoms with Crippen LogP contribution < -0.4 is 0 Å². The van der Waals surface area contributed by atoms with E-state index in [1.165, 1.54) is 0 Å². The van der Waals surface area contributed by atoms with Gasteiger partial charge < -0.3 is 0 Å². The molecule has 0 spiro atoms. The Bertz CT molecular complexity index is 424. The van der Waals surface area contributed by atoms with Gasteiger partial charge in [-0.2, -0.15) is 0 Å². The molecule has 6 heteroatoms. The maximum atomic E-state index is 4.01. The van der Waals surface area contributed by atoms with E-state index in [9.17, 15) is 0 Å². The van der Waals surface area contributed by atoms with E-state index >= 15 is 0 Å². The Labute approximate surface area is 86.8 Å². The SMILES string of the molecule is CC(C)c1nnc(-c2ncccn2)nn1. The normalized spacial score (nSPS) is 10.6. The van der Waals surface area contributed by atoms with Crippen LogP contribution in [0.3, 0.4) is 0 Å². The van der Waals surface area contributed by atoms with Crippen molar-refractivity contribution in [2.24, 2.45) is 0 Å². The van der Waals surface area contributed by atoms with Gasteiger partial charge in [0.05, 0.1) is 0 Å². The van der Waals surface area contributed by atoms with E-state index in [1.54, 1.807) is 18.5 Å². The molecule has 0 saturated heterocycles. The Morgan fingerprint density at radius 3 is 2.00 bits per heavy atom. The fourth-order valence-electron chi connectivity index (χ4n) is 0.972. The monoisotopic (exact) mass is 202 g/mol. The van der Waals surface area contributed by atoms with Gasteiger partial charge in [-0.05, 0) is 6.07 Å². The van der Waals surface area contributed by atoms with Crippen LogP contribution in [0.5, 0.6) is 0 Å². The fourth-order valence-corrected chi connectivity index (χ4v) is 0.972. The van der Waals surface area contributed by atoms with E-state index in [1.807, 2.05) is 13.8 Å². The lowest BCUT2D eigenvalue weighted by molar-refractivity contribution is 0.692. The Kier molecular flexibility index (Phi) is 2.57. The molecular weight excluding hydrogens is 192 g/mol. The van der Waals surface area contributed by atoms with Crippen molar-refractivity contribution < 1.29 is 0 Å². The zero-order valence-corrected chi connectivity index (χ0v) is 8.49. The largest absolute Gasteiger partial charge is 0.240 e. The van der Waals surface area contributed by atoms with Crippen LogP contribution in [0.1, 0.15) is 25.6 Å². The first-order valence-electron chi connectivity index (χ1n) is 4.62. The molecule has 0 atom stereocenters. The van der Waals surface area contributed by atoms with Gasteiger partial charge in [-0.15, -0.1) is 20.4 Å². The first-order chi connectivity index (χ1) is 7.27. The minimum absolute atomic E-state index is 0.218. The van der Waals surface area contributed by atoms with E-state index in [-0.39, 0.29) is 5.92 Å². The van der Waals surface area contributed by atoms with E-state index in [0.717, 1.165) is 0 Å². The second-order valence-corrected chi connectivity index (χ2v) is 3.31. The van der Waals surface area contributed by atoms with Gasteiger partial charge in [0.2, 0.25) is 11.6 Å². The van der Waals surface area contributed by atoms with Gasteiger partial charge in [0.15, 0.2) is 5.82 Å². The van der Waals surface area contributed by atoms with Crippen LogP contribution in [0.4, 0.5) is 0 Å². The van der Waals surface area contributed by atoms with Crippen LogP contribution >= 0.6 is 0 Å². The topological polar surface area (TPSA) is 77.3 Å². The molecule has 2 aromatic rings. The summed E-state index contributed by atoms with van der Waals surface area (Å²) >= 11 is 0. The van der Waals surface area contributed by atoms with Crippen LogP contribution in [-0.4, -0.2) is 30.4 Å². The molecule has 2 aromatic heterocycles. The molecule has 2 heterocycles. The minimum Gasteiger partial charge on any atom is -0.234 e. The summed E-state index contributed by atoms with van der Waals surface area (Å²) in [5.74, 6) is 1.62. The summed E-state index contributed by atoms with van der Waals surface area (Å²) in [6.07, 6.45) is 3.25. The molecule has 0 bridgehead atoms. The van der Waals surface area contributed by atoms with Crippen molar-refractivity contribution in [1.29, 1.82) is 0 Å². The number of rotatable bonds is 2. The standard InChI is InChI=1S/C9H10N6/c1-6(2)7-12-14-9(15-13-7)8-10-4-3-5-11-8/h3-6H,1-2H3. The molecule has 0 aromatic carbocycles. The van der Waals surface area contributed by atoms with Crippen molar-refractivity contribution in [2.75, 3.05) is 0 Å². The van der Waals surface area contributed by atoms with Gasteiger partial charge >= 0.3 is 0 Å². The molecule has 2 rings (SSSR count). The van der Waals surface area contributed by atoms with Gasteiger partial charge in [-0.3, -0.25) is 0 Å². The van der Waals surface area contributed by atoms with E-state index < -0.39 is 0 Å². The Morgan fingerprint density at radius 2 is 1.47 bits per heavy atom. The van der Waals surface area contributed by atoms with Crippen molar-refractivity contribution in [3.8, 4) is 11.6 Å². The first kappa shape index (κ1) is 9.57. The molecule has 0 aliphatic heterocycles. The van der Waals surface area contributed by atoms with Crippen molar-refractivity contribution in [3.63, 3.8) is 0 Å². The van der Waals surface area contributed by atoms with Gasteiger partial charge in [0, 0.05) is 18.3 Å². The summed E-state index contributed by atoms with van der Waals surface area (Å²) in [6.45, 7) is 3.97. The molecule has 0 unspecified atom stereocenters. The zero-order valence-electron chi connectivity index (χ0n) is 8.49. The van der Waals surface area contributed by atoms with Crippen LogP contribution in [-0.2, 0) is 0 Å².